The Morgan fingerprint density at radius 1 is 1.38 bits per heavy atom. The molecule has 2 heterocycles. The number of para-hydroxylation sites is 1. The van der Waals surface area contributed by atoms with E-state index in [4.69, 9.17) is 4.52 Å². The van der Waals surface area contributed by atoms with Gasteiger partial charge in [0.2, 0.25) is 0 Å². The van der Waals surface area contributed by atoms with Crippen molar-refractivity contribution in [2.24, 2.45) is 0 Å². The zero-order chi connectivity index (χ0) is 15.0. The summed E-state index contributed by atoms with van der Waals surface area (Å²) >= 11 is 0. The van der Waals surface area contributed by atoms with Crippen molar-refractivity contribution in [1.29, 1.82) is 0 Å². The second kappa shape index (κ2) is 5.24. The summed E-state index contributed by atoms with van der Waals surface area (Å²) < 4.78 is 5.03. The Bertz CT molecular complexity index is 665. The molecule has 1 unspecified atom stereocenters. The van der Waals surface area contributed by atoms with Gasteiger partial charge in [0.15, 0.2) is 5.69 Å². The topological polar surface area (TPSA) is 49.6 Å². The normalized spacial score (nSPS) is 18.3. The maximum Gasteiger partial charge on any atom is 0.276 e. The third-order valence-electron chi connectivity index (χ3n) is 3.92. The van der Waals surface area contributed by atoms with Crippen molar-refractivity contribution in [2.45, 2.75) is 26.4 Å². The van der Waals surface area contributed by atoms with Crippen molar-refractivity contribution >= 4 is 11.6 Å². The molecule has 1 aliphatic heterocycles. The number of aromatic nitrogens is 1. The Labute approximate surface area is 124 Å². The molecule has 0 radical (unpaired) electrons. The van der Waals surface area contributed by atoms with Crippen LogP contribution in [-0.2, 0) is 6.54 Å². The predicted molar refractivity (Wildman–Crippen MR) is 80.3 cm³/mol. The Hall–Kier alpha value is -2.30. The number of carbonyl (C=O) groups excluding carboxylic acids is 1. The van der Waals surface area contributed by atoms with Crippen molar-refractivity contribution in [3.05, 3.63) is 47.3 Å². The standard InChI is InChI=1S/C16H19N3O2/c1-11-9-18(3)15-7-5-4-6-13(15)10-19(11)16(20)14-8-12(2)21-17-14/h4-8,11H,9-10H2,1-3H3. The van der Waals surface area contributed by atoms with Crippen LogP contribution in [0, 0.1) is 6.92 Å². The second-order valence-corrected chi connectivity index (χ2v) is 5.61. The van der Waals surface area contributed by atoms with Gasteiger partial charge in [0.1, 0.15) is 5.76 Å². The fourth-order valence-corrected chi connectivity index (χ4v) is 2.84. The average molecular weight is 285 g/mol. The number of hydrogen-bond acceptors (Lipinski definition) is 4. The summed E-state index contributed by atoms with van der Waals surface area (Å²) in [4.78, 5) is 16.7. The van der Waals surface area contributed by atoms with E-state index in [0.29, 0.717) is 18.0 Å². The largest absolute Gasteiger partial charge is 0.372 e. The van der Waals surface area contributed by atoms with Crippen LogP contribution in [0.4, 0.5) is 5.69 Å². The van der Waals surface area contributed by atoms with Gasteiger partial charge in [-0.3, -0.25) is 4.79 Å². The summed E-state index contributed by atoms with van der Waals surface area (Å²) in [5.74, 6) is 0.572. The highest BCUT2D eigenvalue weighted by Crippen LogP contribution is 2.26. The van der Waals surface area contributed by atoms with Crippen LogP contribution in [0.25, 0.3) is 0 Å². The third kappa shape index (κ3) is 2.51. The van der Waals surface area contributed by atoms with Gasteiger partial charge in [0, 0.05) is 37.9 Å². The zero-order valence-electron chi connectivity index (χ0n) is 12.5. The van der Waals surface area contributed by atoms with Crippen molar-refractivity contribution in [2.75, 3.05) is 18.5 Å². The molecule has 2 aromatic rings. The molecule has 1 aliphatic rings. The molecule has 21 heavy (non-hydrogen) atoms. The summed E-state index contributed by atoms with van der Waals surface area (Å²) in [6, 6.07) is 9.99. The molecule has 5 nitrogen and oxygen atoms in total. The van der Waals surface area contributed by atoms with Gasteiger partial charge < -0.3 is 14.3 Å². The van der Waals surface area contributed by atoms with Gasteiger partial charge in [0.25, 0.3) is 5.91 Å². The van der Waals surface area contributed by atoms with Crippen LogP contribution in [0.5, 0.6) is 0 Å². The summed E-state index contributed by atoms with van der Waals surface area (Å²) in [5.41, 5.74) is 2.70. The minimum Gasteiger partial charge on any atom is -0.372 e. The van der Waals surface area contributed by atoms with Gasteiger partial charge in [-0.15, -0.1) is 0 Å². The first kappa shape index (κ1) is 13.7. The van der Waals surface area contributed by atoms with Crippen molar-refractivity contribution in [1.82, 2.24) is 10.1 Å². The lowest BCUT2D eigenvalue weighted by Crippen LogP contribution is -2.42. The van der Waals surface area contributed by atoms with Gasteiger partial charge in [-0.1, -0.05) is 23.4 Å². The highest BCUT2D eigenvalue weighted by molar-refractivity contribution is 5.92. The molecule has 1 atom stereocenters. The van der Waals surface area contributed by atoms with Gasteiger partial charge in [0.05, 0.1) is 0 Å². The molecule has 5 heteroatoms. The van der Waals surface area contributed by atoms with Crippen LogP contribution in [0.1, 0.15) is 28.7 Å². The monoisotopic (exact) mass is 285 g/mol. The maximum absolute atomic E-state index is 12.7. The van der Waals surface area contributed by atoms with Gasteiger partial charge in [-0.2, -0.15) is 0 Å². The number of carbonyl (C=O) groups is 1. The molecule has 0 saturated heterocycles. The lowest BCUT2D eigenvalue weighted by molar-refractivity contribution is 0.0676. The molecule has 0 spiro atoms. The molecule has 0 bridgehead atoms. The van der Waals surface area contributed by atoms with Crippen LogP contribution in [0.15, 0.2) is 34.9 Å². The molecule has 0 saturated carbocycles. The van der Waals surface area contributed by atoms with E-state index in [1.54, 1.807) is 13.0 Å². The molecule has 3 rings (SSSR count). The van der Waals surface area contributed by atoms with E-state index in [1.165, 1.54) is 5.69 Å². The SMILES string of the molecule is Cc1cc(C(=O)N2Cc3ccccc3N(C)CC2C)no1. The smallest absolute Gasteiger partial charge is 0.276 e. The molecule has 0 fully saturated rings. The number of amides is 1. The van der Waals surface area contributed by atoms with Crippen molar-refractivity contribution in [3.8, 4) is 0 Å². The summed E-state index contributed by atoms with van der Waals surface area (Å²) in [6.45, 7) is 5.23. The second-order valence-electron chi connectivity index (χ2n) is 5.61. The Kier molecular flexibility index (Phi) is 3.41. The summed E-state index contributed by atoms with van der Waals surface area (Å²) in [5, 5.41) is 3.85. The highest BCUT2D eigenvalue weighted by Gasteiger charge is 2.28. The van der Waals surface area contributed by atoms with Crippen molar-refractivity contribution in [3.63, 3.8) is 0 Å². The number of aryl methyl sites for hydroxylation is 1. The van der Waals surface area contributed by atoms with Gasteiger partial charge in [-0.25, -0.2) is 0 Å². The molecule has 1 aromatic heterocycles. The molecular weight excluding hydrogens is 266 g/mol. The lowest BCUT2D eigenvalue weighted by Gasteiger charge is -2.27. The Morgan fingerprint density at radius 2 is 2.14 bits per heavy atom. The van der Waals surface area contributed by atoms with E-state index in [0.717, 1.165) is 12.1 Å². The molecule has 1 aromatic carbocycles. The Balaban J connectivity index is 1.94. The maximum atomic E-state index is 12.7. The zero-order valence-corrected chi connectivity index (χ0v) is 12.5. The van der Waals surface area contributed by atoms with E-state index < -0.39 is 0 Å². The van der Waals surface area contributed by atoms with Crippen LogP contribution in [0.3, 0.4) is 0 Å². The minimum atomic E-state index is -0.0792. The minimum absolute atomic E-state index is 0.0792. The summed E-state index contributed by atoms with van der Waals surface area (Å²) in [6.07, 6.45) is 0. The third-order valence-corrected chi connectivity index (χ3v) is 3.92. The number of hydrogen-bond donors (Lipinski definition) is 0. The molecular formula is C16H19N3O2. The fourth-order valence-electron chi connectivity index (χ4n) is 2.84. The summed E-state index contributed by atoms with van der Waals surface area (Å²) in [7, 11) is 2.06. The van der Waals surface area contributed by atoms with Gasteiger partial charge >= 0.3 is 0 Å². The van der Waals surface area contributed by atoms with E-state index in [9.17, 15) is 4.79 Å². The van der Waals surface area contributed by atoms with Crippen molar-refractivity contribution < 1.29 is 9.32 Å². The van der Waals surface area contributed by atoms with Crippen LogP contribution in [0.2, 0.25) is 0 Å². The number of likely N-dealkylation sites (N-methyl/N-ethyl adjacent to an activating group) is 1. The number of anilines is 1. The number of fused-ring (bicyclic) bond motifs is 1. The molecule has 1 amide bonds. The first-order valence-electron chi connectivity index (χ1n) is 7.09. The fraction of sp³-hybridized carbons (Fsp3) is 0.375. The van der Waals surface area contributed by atoms with E-state index in [2.05, 4.69) is 36.2 Å². The highest BCUT2D eigenvalue weighted by atomic mass is 16.5. The van der Waals surface area contributed by atoms with Crippen LogP contribution >= 0.6 is 0 Å². The Morgan fingerprint density at radius 3 is 2.86 bits per heavy atom. The average Bonchev–Trinajstić information content (AvgIpc) is 2.85. The van der Waals surface area contributed by atoms with E-state index in [-0.39, 0.29) is 11.9 Å². The van der Waals surface area contributed by atoms with Gasteiger partial charge in [-0.05, 0) is 25.5 Å². The first-order chi connectivity index (χ1) is 10.1. The molecule has 0 N–H and O–H groups in total. The number of benzene rings is 1. The van der Waals surface area contributed by atoms with E-state index >= 15 is 0 Å². The lowest BCUT2D eigenvalue weighted by atomic mass is 10.1. The van der Waals surface area contributed by atoms with Crippen LogP contribution < -0.4 is 4.90 Å². The van der Waals surface area contributed by atoms with Crippen LogP contribution in [-0.4, -0.2) is 35.6 Å². The quantitative estimate of drug-likeness (QED) is 0.807. The predicted octanol–water partition coefficient (Wildman–Crippen LogP) is 2.46. The molecule has 0 aliphatic carbocycles. The number of rotatable bonds is 1. The number of nitrogens with zero attached hydrogens (tertiary/aromatic N) is 3. The van der Waals surface area contributed by atoms with E-state index in [1.807, 2.05) is 17.0 Å². The molecule has 110 valence electrons. The first-order valence-corrected chi connectivity index (χ1v) is 7.09.